The van der Waals surface area contributed by atoms with Gasteiger partial charge in [0.05, 0.1) is 32.1 Å². The van der Waals surface area contributed by atoms with Gasteiger partial charge in [-0.3, -0.25) is 4.79 Å². The maximum absolute atomic E-state index is 12.3. The SMILES string of the molecule is COc1ccc(CNc2cnn(C(C)C)c(=O)c2C)c(OC)c1. The smallest absolute Gasteiger partial charge is 0.271 e. The number of hydrogen-bond acceptors (Lipinski definition) is 5. The summed E-state index contributed by atoms with van der Waals surface area (Å²) in [7, 11) is 3.24. The summed E-state index contributed by atoms with van der Waals surface area (Å²) in [5.74, 6) is 1.47. The first-order valence-corrected chi connectivity index (χ1v) is 7.51. The van der Waals surface area contributed by atoms with Crippen LogP contribution in [0.2, 0.25) is 0 Å². The van der Waals surface area contributed by atoms with Crippen molar-refractivity contribution >= 4 is 5.69 Å². The quantitative estimate of drug-likeness (QED) is 0.887. The van der Waals surface area contributed by atoms with Gasteiger partial charge in [0, 0.05) is 23.7 Å². The molecule has 1 aromatic heterocycles. The molecular formula is C17H23N3O3. The average Bonchev–Trinajstić information content (AvgIpc) is 2.55. The highest BCUT2D eigenvalue weighted by Gasteiger charge is 2.10. The van der Waals surface area contributed by atoms with Crippen LogP contribution in [-0.2, 0) is 6.54 Å². The van der Waals surface area contributed by atoms with E-state index in [0.717, 1.165) is 22.7 Å². The van der Waals surface area contributed by atoms with Crippen LogP contribution in [0.3, 0.4) is 0 Å². The molecule has 0 radical (unpaired) electrons. The number of nitrogens with zero attached hydrogens (tertiary/aromatic N) is 2. The Bertz CT molecular complexity index is 738. The van der Waals surface area contributed by atoms with Gasteiger partial charge in [0.1, 0.15) is 11.5 Å². The Hall–Kier alpha value is -2.50. The van der Waals surface area contributed by atoms with Crippen LogP contribution in [0.15, 0.2) is 29.2 Å². The molecule has 2 rings (SSSR count). The standard InChI is InChI=1S/C17H23N3O3/c1-11(2)20-17(21)12(3)15(10-19-20)18-9-13-6-7-14(22-4)8-16(13)23-5/h6-8,10-11,18H,9H2,1-5H3. The van der Waals surface area contributed by atoms with Gasteiger partial charge in [-0.1, -0.05) is 0 Å². The fourth-order valence-electron chi connectivity index (χ4n) is 2.29. The van der Waals surface area contributed by atoms with E-state index in [1.807, 2.05) is 32.0 Å². The molecule has 0 aliphatic heterocycles. The van der Waals surface area contributed by atoms with Crippen LogP contribution >= 0.6 is 0 Å². The van der Waals surface area contributed by atoms with Gasteiger partial charge in [0.2, 0.25) is 0 Å². The summed E-state index contributed by atoms with van der Waals surface area (Å²) in [6.45, 7) is 6.20. The molecule has 0 saturated heterocycles. The number of hydrogen-bond donors (Lipinski definition) is 1. The lowest BCUT2D eigenvalue weighted by Gasteiger charge is -2.15. The van der Waals surface area contributed by atoms with E-state index in [9.17, 15) is 4.79 Å². The third kappa shape index (κ3) is 3.64. The summed E-state index contributed by atoms with van der Waals surface area (Å²) in [6, 6.07) is 5.68. The van der Waals surface area contributed by atoms with E-state index in [4.69, 9.17) is 9.47 Å². The van der Waals surface area contributed by atoms with Gasteiger partial charge in [-0.2, -0.15) is 5.10 Å². The van der Waals surface area contributed by atoms with Gasteiger partial charge in [0.25, 0.3) is 5.56 Å². The van der Waals surface area contributed by atoms with Crippen molar-refractivity contribution in [2.24, 2.45) is 0 Å². The lowest BCUT2D eigenvalue weighted by Crippen LogP contribution is -2.27. The van der Waals surface area contributed by atoms with Crippen LogP contribution in [-0.4, -0.2) is 24.0 Å². The second-order valence-electron chi connectivity index (χ2n) is 5.56. The summed E-state index contributed by atoms with van der Waals surface area (Å²) < 4.78 is 12.1. The number of nitrogens with one attached hydrogen (secondary N) is 1. The van der Waals surface area contributed by atoms with Crippen molar-refractivity contribution < 1.29 is 9.47 Å². The van der Waals surface area contributed by atoms with Crippen LogP contribution in [0.5, 0.6) is 11.5 Å². The first-order chi connectivity index (χ1) is 11.0. The zero-order chi connectivity index (χ0) is 17.0. The van der Waals surface area contributed by atoms with Crippen molar-refractivity contribution in [1.29, 1.82) is 0 Å². The van der Waals surface area contributed by atoms with Crippen molar-refractivity contribution in [1.82, 2.24) is 9.78 Å². The Labute approximate surface area is 136 Å². The zero-order valence-electron chi connectivity index (χ0n) is 14.2. The molecule has 0 aliphatic rings. The van der Waals surface area contributed by atoms with Gasteiger partial charge in [-0.05, 0) is 32.9 Å². The fourth-order valence-corrected chi connectivity index (χ4v) is 2.29. The van der Waals surface area contributed by atoms with Crippen LogP contribution in [0, 0.1) is 6.92 Å². The summed E-state index contributed by atoms with van der Waals surface area (Å²) in [5.41, 5.74) is 2.28. The fraction of sp³-hybridized carbons (Fsp3) is 0.412. The molecule has 1 N–H and O–H groups in total. The molecule has 6 heteroatoms. The summed E-state index contributed by atoms with van der Waals surface area (Å²) in [4.78, 5) is 12.3. The minimum absolute atomic E-state index is 0.0388. The van der Waals surface area contributed by atoms with E-state index in [1.54, 1.807) is 27.3 Å². The number of benzene rings is 1. The van der Waals surface area contributed by atoms with Gasteiger partial charge in [-0.25, -0.2) is 4.68 Å². The number of anilines is 1. The Morgan fingerprint density at radius 3 is 2.61 bits per heavy atom. The number of ether oxygens (including phenoxy) is 2. The molecule has 0 amide bonds. The van der Waals surface area contributed by atoms with Gasteiger partial charge < -0.3 is 14.8 Å². The third-order valence-corrected chi connectivity index (χ3v) is 3.70. The van der Waals surface area contributed by atoms with E-state index in [0.29, 0.717) is 12.1 Å². The van der Waals surface area contributed by atoms with Crippen molar-refractivity contribution in [3.63, 3.8) is 0 Å². The second kappa shape index (κ2) is 7.17. The van der Waals surface area contributed by atoms with Crippen molar-refractivity contribution in [3.8, 4) is 11.5 Å². The van der Waals surface area contributed by atoms with Crippen molar-refractivity contribution in [3.05, 3.63) is 45.9 Å². The van der Waals surface area contributed by atoms with E-state index in [1.165, 1.54) is 4.68 Å². The summed E-state index contributed by atoms with van der Waals surface area (Å²) >= 11 is 0. The predicted molar refractivity (Wildman–Crippen MR) is 90.5 cm³/mol. The normalized spacial score (nSPS) is 10.7. The first kappa shape index (κ1) is 16.9. The van der Waals surface area contributed by atoms with E-state index < -0.39 is 0 Å². The summed E-state index contributed by atoms with van der Waals surface area (Å²) in [6.07, 6.45) is 1.69. The highest BCUT2D eigenvalue weighted by atomic mass is 16.5. The highest BCUT2D eigenvalue weighted by molar-refractivity contribution is 5.49. The Balaban J connectivity index is 2.22. The Morgan fingerprint density at radius 1 is 1.26 bits per heavy atom. The number of aromatic nitrogens is 2. The Kier molecular flexibility index (Phi) is 5.26. The molecule has 1 heterocycles. The second-order valence-corrected chi connectivity index (χ2v) is 5.56. The van der Waals surface area contributed by atoms with Crippen LogP contribution in [0.1, 0.15) is 31.0 Å². The molecule has 0 saturated carbocycles. The molecule has 1 aromatic carbocycles. The van der Waals surface area contributed by atoms with Crippen LogP contribution < -0.4 is 20.3 Å². The number of rotatable bonds is 6. The van der Waals surface area contributed by atoms with Gasteiger partial charge in [0.15, 0.2) is 0 Å². The molecule has 0 spiro atoms. The molecule has 0 aliphatic carbocycles. The van der Waals surface area contributed by atoms with E-state index in [-0.39, 0.29) is 11.6 Å². The minimum atomic E-state index is -0.0771. The molecule has 0 atom stereocenters. The lowest BCUT2D eigenvalue weighted by atomic mass is 10.1. The molecule has 6 nitrogen and oxygen atoms in total. The van der Waals surface area contributed by atoms with Crippen molar-refractivity contribution in [2.45, 2.75) is 33.4 Å². The first-order valence-electron chi connectivity index (χ1n) is 7.51. The van der Waals surface area contributed by atoms with Gasteiger partial charge in [-0.15, -0.1) is 0 Å². The zero-order valence-corrected chi connectivity index (χ0v) is 14.2. The summed E-state index contributed by atoms with van der Waals surface area (Å²) in [5, 5.41) is 7.46. The van der Waals surface area contributed by atoms with E-state index in [2.05, 4.69) is 10.4 Å². The van der Waals surface area contributed by atoms with E-state index >= 15 is 0 Å². The molecule has 124 valence electrons. The lowest BCUT2D eigenvalue weighted by molar-refractivity contribution is 0.391. The van der Waals surface area contributed by atoms with Crippen LogP contribution in [0.25, 0.3) is 0 Å². The molecule has 23 heavy (non-hydrogen) atoms. The topological polar surface area (TPSA) is 65.4 Å². The molecule has 0 unspecified atom stereocenters. The molecular weight excluding hydrogens is 294 g/mol. The maximum Gasteiger partial charge on any atom is 0.271 e. The largest absolute Gasteiger partial charge is 0.497 e. The minimum Gasteiger partial charge on any atom is -0.497 e. The molecule has 0 fully saturated rings. The third-order valence-electron chi connectivity index (χ3n) is 3.70. The van der Waals surface area contributed by atoms with Gasteiger partial charge >= 0.3 is 0 Å². The monoisotopic (exact) mass is 317 g/mol. The predicted octanol–water partition coefficient (Wildman–Crippen LogP) is 2.76. The highest BCUT2D eigenvalue weighted by Crippen LogP contribution is 2.25. The Morgan fingerprint density at radius 2 is 2.00 bits per heavy atom. The molecule has 2 aromatic rings. The van der Waals surface area contributed by atoms with Crippen LogP contribution in [0.4, 0.5) is 5.69 Å². The average molecular weight is 317 g/mol. The maximum atomic E-state index is 12.3. The van der Waals surface area contributed by atoms with Crippen molar-refractivity contribution in [2.75, 3.05) is 19.5 Å². The molecule has 0 bridgehead atoms. The number of methoxy groups -OCH3 is 2.